The molecule has 0 radical (unpaired) electrons. The quantitative estimate of drug-likeness (QED) is 0.0320. The van der Waals surface area contributed by atoms with Crippen LogP contribution in [0.15, 0.2) is 36.5 Å². The Hall–Kier alpha value is -1.92. The molecule has 0 bridgehead atoms. The average Bonchev–Trinajstić information content (AvgIpc) is 3.63. The van der Waals surface area contributed by atoms with Crippen molar-refractivity contribution in [3.63, 3.8) is 0 Å². The molecule has 0 aliphatic heterocycles. The van der Waals surface area contributed by atoms with Crippen LogP contribution in [0.4, 0.5) is 0 Å². The molecule has 0 fully saturated rings. The molecule has 1 amide bonds. The monoisotopic (exact) mass is 1250 g/mol. The third-order valence-electron chi connectivity index (χ3n) is 19.2. The number of esters is 1. The second-order valence-corrected chi connectivity index (χ2v) is 28.1. The smallest absolute Gasteiger partial charge is 0.305 e. The SMILES string of the molecule is CCCCCCCCC/C=C\CCCCCCCCCC(=O)OCCCCCCCCCCC/C=C\C/C=C\CCCCCCCCCCCCCCCC(=O)NC(CO)C(O)CCCCCCCCCCCCCCCCCCCCCCCCCCC. The first-order valence-electron chi connectivity index (χ1n) is 40.7. The number of ether oxygens (including phenoxy) is 1. The van der Waals surface area contributed by atoms with E-state index in [4.69, 9.17) is 4.74 Å². The molecule has 526 valence electrons. The molecule has 0 aromatic heterocycles. The first kappa shape index (κ1) is 87.1. The fraction of sp³-hybridized carbons (Fsp3) is 0.904. The number of allylic oxidation sites excluding steroid dienone is 6. The Morgan fingerprint density at radius 3 is 0.865 bits per heavy atom. The average molecular weight is 1250 g/mol. The van der Waals surface area contributed by atoms with E-state index in [-0.39, 0.29) is 18.5 Å². The molecule has 0 rings (SSSR count). The normalized spacial score (nSPS) is 12.6. The molecule has 6 nitrogen and oxygen atoms in total. The van der Waals surface area contributed by atoms with Crippen molar-refractivity contribution in [3.05, 3.63) is 36.5 Å². The molecule has 89 heavy (non-hydrogen) atoms. The summed E-state index contributed by atoms with van der Waals surface area (Å²) in [5, 5.41) is 23.5. The third-order valence-corrected chi connectivity index (χ3v) is 19.2. The molecule has 0 heterocycles. The minimum absolute atomic E-state index is 0.0101. The van der Waals surface area contributed by atoms with Gasteiger partial charge in [0.25, 0.3) is 0 Å². The second-order valence-electron chi connectivity index (χ2n) is 28.1. The van der Waals surface area contributed by atoms with Crippen molar-refractivity contribution in [1.82, 2.24) is 5.32 Å². The lowest BCUT2D eigenvalue weighted by Crippen LogP contribution is -2.45. The number of aliphatic hydroxyl groups excluding tert-OH is 2. The van der Waals surface area contributed by atoms with Gasteiger partial charge in [-0.3, -0.25) is 9.59 Å². The first-order chi connectivity index (χ1) is 44.0. The molecule has 0 saturated carbocycles. The summed E-state index contributed by atoms with van der Waals surface area (Å²) >= 11 is 0. The number of carbonyl (C=O) groups excluding carboxylic acids is 2. The van der Waals surface area contributed by atoms with E-state index in [1.807, 2.05) is 0 Å². The Balaban J connectivity index is 3.40. The molecule has 0 aromatic carbocycles. The maximum Gasteiger partial charge on any atom is 0.305 e. The van der Waals surface area contributed by atoms with Crippen LogP contribution in [0, 0.1) is 0 Å². The predicted octanol–water partition coefficient (Wildman–Crippen LogP) is 27.0. The minimum atomic E-state index is -0.667. The van der Waals surface area contributed by atoms with Gasteiger partial charge in [-0.25, -0.2) is 0 Å². The standard InChI is InChI=1S/C83H159NO5/c1-3-5-7-9-11-13-15-17-19-21-23-24-25-31-34-37-40-43-47-51-55-59-63-67-71-75-81(86)80(79-85)84-82(87)76-72-68-64-60-56-52-48-44-41-38-35-32-29-27-26-28-30-33-36-39-42-46-50-54-58-62-66-70-74-78-89-83(88)77-73-69-65-61-57-53-49-45-22-20-18-16-14-12-10-8-6-4-2/h20,22,26,28,33,36,80-81,85-86H,3-19,21,23-25,27,29-32,34-35,37-79H2,1-2H3,(H,84,87)/b22-20-,28-26-,36-33-. The van der Waals surface area contributed by atoms with E-state index in [0.29, 0.717) is 25.9 Å². The number of rotatable bonds is 77. The van der Waals surface area contributed by atoms with Gasteiger partial charge in [0.05, 0.1) is 25.4 Å². The van der Waals surface area contributed by atoms with E-state index in [1.54, 1.807) is 0 Å². The highest BCUT2D eigenvalue weighted by Gasteiger charge is 2.20. The van der Waals surface area contributed by atoms with Gasteiger partial charge in [0.2, 0.25) is 5.91 Å². The topological polar surface area (TPSA) is 95.9 Å². The molecule has 0 aliphatic carbocycles. The van der Waals surface area contributed by atoms with E-state index in [0.717, 1.165) is 51.4 Å². The molecule has 0 aromatic rings. The highest BCUT2D eigenvalue weighted by molar-refractivity contribution is 5.76. The first-order valence-corrected chi connectivity index (χ1v) is 40.7. The van der Waals surface area contributed by atoms with E-state index in [9.17, 15) is 19.8 Å². The lowest BCUT2D eigenvalue weighted by molar-refractivity contribution is -0.143. The lowest BCUT2D eigenvalue weighted by Gasteiger charge is -2.22. The lowest BCUT2D eigenvalue weighted by atomic mass is 10.0. The van der Waals surface area contributed by atoms with Crippen LogP contribution in [-0.2, 0) is 14.3 Å². The molecule has 0 spiro atoms. The summed E-state index contributed by atoms with van der Waals surface area (Å²) in [6.45, 7) is 5.00. The number of hydrogen-bond acceptors (Lipinski definition) is 5. The summed E-state index contributed by atoms with van der Waals surface area (Å²) in [5.74, 6) is -0.0204. The highest BCUT2D eigenvalue weighted by atomic mass is 16.5. The molecular formula is C83H159NO5. The number of amides is 1. The van der Waals surface area contributed by atoms with Crippen molar-refractivity contribution >= 4 is 11.9 Å². The van der Waals surface area contributed by atoms with Gasteiger partial charge in [0, 0.05) is 12.8 Å². The summed E-state index contributed by atoms with van der Waals surface area (Å²) in [6, 6.07) is -0.544. The highest BCUT2D eigenvalue weighted by Crippen LogP contribution is 2.20. The number of unbranched alkanes of at least 4 members (excludes halogenated alkanes) is 60. The Morgan fingerprint density at radius 1 is 0.315 bits per heavy atom. The van der Waals surface area contributed by atoms with Crippen molar-refractivity contribution in [2.45, 2.75) is 469 Å². The van der Waals surface area contributed by atoms with Gasteiger partial charge in [-0.1, -0.05) is 397 Å². The van der Waals surface area contributed by atoms with E-state index in [1.165, 1.54) is 372 Å². The number of aliphatic hydroxyl groups is 2. The van der Waals surface area contributed by atoms with Gasteiger partial charge in [-0.2, -0.15) is 0 Å². The minimum Gasteiger partial charge on any atom is -0.466 e. The zero-order valence-electron chi connectivity index (χ0n) is 60.4. The molecule has 0 saturated heterocycles. The Labute approximate surface area is 557 Å². The summed E-state index contributed by atoms with van der Waals surface area (Å²) in [5.41, 5.74) is 0. The van der Waals surface area contributed by atoms with Gasteiger partial charge in [0.15, 0.2) is 0 Å². The zero-order chi connectivity index (χ0) is 64.2. The van der Waals surface area contributed by atoms with Gasteiger partial charge < -0.3 is 20.3 Å². The number of nitrogens with one attached hydrogen (secondary N) is 1. The van der Waals surface area contributed by atoms with Gasteiger partial charge >= 0.3 is 5.97 Å². The largest absolute Gasteiger partial charge is 0.466 e. The van der Waals surface area contributed by atoms with E-state index in [2.05, 4.69) is 55.6 Å². The fourth-order valence-corrected chi connectivity index (χ4v) is 13.0. The Kier molecular flexibility index (Phi) is 76.8. The van der Waals surface area contributed by atoms with Crippen LogP contribution in [0.2, 0.25) is 0 Å². The van der Waals surface area contributed by atoms with Crippen molar-refractivity contribution in [2.24, 2.45) is 0 Å². The van der Waals surface area contributed by atoms with E-state index >= 15 is 0 Å². The summed E-state index contributed by atoms with van der Waals surface area (Å²) < 4.78 is 5.51. The van der Waals surface area contributed by atoms with Crippen molar-refractivity contribution in [3.8, 4) is 0 Å². The summed E-state index contributed by atoms with van der Waals surface area (Å²) in [7, 11) is 0. The third kappa shape index (κ3) is 75.0. The van der Waals surface area contributed by atoms with Crippen molar-refractivity contribution < 1.29 is 24.5 Å². The number of carbonyl (C=O) groups is 2. The molecular weight excluding hydrogens is 1090 g/mol. The number of hydrogen-bond donors (Lipinski definition) is 3. The maximum absolute atomic E-state index is 12.6. The van der Waals surface area contributed by atoms with Crippen LogP contribution in [0.25, 0.3) is 0 Å². The Bertz CT molecular complexity index is 1440. The molecule has 3 N–H and O–H groups in total. The maximum atomic E-state index is 12.6. The van der Waals surface area contributed by atoms with Crippen LogP contribution >= 0.6 is 0 Å². The zero-order valence-corrected chi connectivity index (χ0v) is 60.4. The van der Waals surface area contributed by atoms with Crippen LogP contribution in [0.1, 0.15) is 457 Å². The predicted molar refractivity (Wildman–Crippen MR) is 393 cm³/mol. The molecule has 2 atom stereocenters. The summed E-state index contributed by atoms with van der Waals surface area (Å²) in [4.78, 5) is 24.7. The van der Waals surface area contributed by atoms with Gasteiger partial charge in [-0.05, 0) is 83.5 Å². The summed E-state index contributed by atoms with van der Waals surface area (Å²) in [6.07, 6.45) is 102. The van der Waals surface area contributed by atoms with Crippen LogP contribution in [0.5, 0.6) is 0 Å². The van der Waals surface area contributed by atoms with Crippen LogP contribution < -0.4 is 5.32 Å². The molecule has 0 aliphatic rings. The second kappa shape index (κ2) is 78.5. The van der Waals surface area contributed by atoms with Crippen LogP contribution in [-0.4, -0.2) is 47.4 Å². The molecule has 2 unspecified atom stereocenters. The van der Waals surface area contributed by atoms with Crippen molar-refractivity contribution in [1.29, 1.82) is 0 Å². The Morgan fingerprint density at radius 2 is 0.562 bits per heavy atom. The van der Waals surface area contributed by atoms with Gasteiger partial charge in [-0.15, -0.1) is 0 Å². The van der Waals surface area contributed by atoms with Crippen molar-refractivity contribution in [2.75, 3.05) is 13.2 Å². The van der Waals surface area contributed by atoms with Crippen LogP contribution in [0.3, 0.4) is 0 Å². The van der Waals surface area contributed by atoms with Gasteiger partial charge in [0.1, 0.15) is 0 Å². The van der Waals surface area contributed by atoms with E-state index < -0.39 is 12.1 Å². The fourth-order valence-electron chi connectivity index (χ4n) is 13.0. The molecule has 6 heteroatoms.